The van der Waals surface area contributed by atoms with Crippen LogP contribution in [0.1, 0.15) is 18.4 Å². The summed E-state index contributed by atoms with van der Waals surface area (Å²) < 4.78 is 32.9. The Labute approximate surface area is 180 Å². The minimum atomic E-state index is -3.89. The lowest BCUT2D eigenvalue weighted by Gasteiger charge is -2.22. The molecule has 1 N–H and O–H groups in total. The Balaban J connectivity index is 1.78. The number of carbonyl (C=O) groups excluding carboxylic acids is 1. The van der Waals surface area contributed by atoms with Gasteiger partial charge in [-0.05, 0) is 42.7 Å². The fraction of sp³-hybridized carbons (Fsp3) is 0.350. The lowest BCUT2D eigenvalue weighted by Crippen LogP contribution is -2.42. The van der Waals surface area contributed by atoms with E-state index in [1.807, 2.05) is 0 Å². The normalized spacial score (nSPS) is 16.9. The van der Waals surface area contributed by atoms with Crippen LogP contribution in [0.4, 0.5) is 0 Å². The van der Waals surface area contributed by atoms with Crippen molar-refractivity contribution >= 4 is 39.1 Å². The highest BCUT2D eigenvalue weighted by Gasteiger charge is 2.27. The predicted octanol–water partition coefficient (Wildman–Crippen LogP) is 3.48. The van der Waals surface area contributed by atoms with Crippen molar-refractivity contribution in [3.05, 3.63) is 64.1 Å². The van der Waals surface area contributed by atoms with E-state index in [0.717, 1.165) is 17.1 Å². The monoisotopic (exact) mass is 456 g/mol. The van der Waals surface area contributed by atoms with Crippen molar-refractivity contribution in [3.63, 3.8) is 0 Å². The van der Waals surface area contributed by atoms with Crippen LogP contribution in [0.2, 0.25) is 10.0 Å². The molecule has 1 atom stereocenters. The molecule has 9 heteroatoms. The van der Waals surface area contributed by atoms with E-state index in [4.69, 9.17) is 27.9 Å². The van der Waals surface area contributed by atoms with Gasteiger partial charge in [-0.1, -0.05) is 47.5 Å². The molecule has 6 nitrogen and oxygen atoms in total. The second-order valence-electron chi connectivity index (χ2n) is 6.77. The number of carbonyl (C=O) groups is 1. The average Bonchev–Trinajstić information content (AvgIpc) is 3.23. The predicted molar refractivity (Wildman–Crippen MR) is 112 cm³/mol. The number of hydrogen-bond acceptors (Lipinski definition) is 4. The molecule has 1 saturated heterocycles. The van der Waals surface area contributed by atoms with Gasteiger partial charge in [0, 0.05) is 19.7 Å². The molecular weight excluding hydrogens is 435 g/mol. The Hall–Kier alpha value is -1.64. The summed E-state index contributed by atoms with van der Waals surface area (Å²) in [6.07, 6.45) is 1.83. The van der Waals surface area contributed by atoms with Gasteiger partial charge >= 0.3 is 0 Å². The van der Waals surface area contributed by atoms with E-state index in [1.54, 1.807) is 36.4 Å². The summed E-state index contributed by atoms with van der Waals surface area (Å²) >= 11 is 12.0. The summed E-state index contributed by atoms with van der Waals surface area (Å²) in [5.41, 5.74) is 0.630. The van der Waals surface area contributed by atoms with E-state index in [9.17, 15) is 13.2 Å². The van der Waals surface area contributed by atoms with Crippen molar-refractivity contribution in [1.82, 2.24) is 9.62 Å². The zero-order chi connectivity index (χ0) is 20.9. The summed E-state index contributed by atoms with van der Waals surface area (Å²) in [4.78, 5) is 12.6. The van der Waals surface area contributed by atoms with Crippen molar-refractivity contribution in [2.24, 2.45) is 0 Å². The number of sulfonamides is 1. The number of hydrogen-bond donors (Lipinski definition) is 1. The molecule has 1 amide bonds. The molecule has 3 rings (SSSR count). The zero-order valence-corrected chi connectivity index (χ0v) is 18.0. The molecule has 29 heavy (non-hydrogen) atoms. The maximum atomic E-state index is 13.1. The molecule has 1 heterocycles. The molecule has 0 spiro atoms. The van der Waals surface area contributed by atoms with Gasteiger partial charge < -0.3 is 10.1 Å². The highest BCUT2D eigenvalue weighted by atomic mass is 35.5. The summed E-state index contributed by atoms with van der Waals surface area (Å²) in [5.74, 6) is -0.389. The first-order valence-corrected chi connectivity index (χ1v) is 11.4. The highest BCUT2D eigenvalue weighted by Crippen LogP contribution is 2.25. The molecule has 0 saturated carbocycles. The number of halogens is 2. The maximum absolute atomic E-state index is 13.1. The fourth-order valence-corrected chi connectivity index (χ4v) is 4.78. The smallest absolute Gasteiger partial charge is 0.243 e. The third-order valence-electron chi connectivity index (χ3n) is 4.59. The number of nitrogens with zero attached hydrogens (tertiary/aromatic N) is 1. The Kier molecular flexibility index (Phi) is 7.54. The standard InChI is InChI=1S/C20H22Cl2N2O4S/c21-18-9-8-15(11-19(18)22)13-24(29(26,27)17-6-2-1-3-7-17)14-20(25)23-12-16-5-4-10-28-16/h1-3,6-9,11,16H,4-5,10,12-14H2,(H,23,25)/t16-/m0/s1. The first-order valence-electron chi connectivity index (χ1n) is 9.23. The number of nitrogens with one attached hydrogen (secondary N) is 1. The van der Waals surface area contributed by atoms with Crippen LogP contribution in [0.5, 0.6) is 0 Å². The molecule has 2 aromatic rings. The fourth-order valence-electron chi connectivity index (χ4n) is 3.06. The van der Waals surface area contributed by atoms with Crippen molar-refractivity contribution in [2.75, 3.05) is 19.7 Å². The van der Waals surface area contributed by atoms with Gasteiger partial charge in [0.25, 0.3) is 0 Å². The molecule has 1 aliphatic rings. The number of ether oxygens (including phenoxy) is 1. The van der Waals surface area contributed by atoms with Crippen LogP contribution in [-0.4, -0.2) is 44.4 Å². The van der Waals surface area contributed by atoms with Gasteiger partial charge in [0.05, 0.1) is 27.6 Å². The van der Waals surface area contributed by atoms with Crippen LogP contribution in [-0.2, 0) is 26.1 Å². The average molecular weight is 457 g/mol. The van der Waals surface area contributed by atoms with Gasteiger partial charge in [0.2, 0.25) is 15.9 Å². The minimum Gasteiger partial charge on any atom is -0.376 e. The molecule has 2 aromatic carbocycles. The highest BCUT2D eigenvalue weighted by molar-refractivity contribution is 7.89. The first kappa shape index (κ1) is 22.1. The summed E-state index contributed by atoms with van der Waals surface area (Å²) in [7, 11) is -3.89. The van der Waals surface area contributed by atoms with E-state index in [-0.39, 0.29) is 30.0 Å². The summed E-state index contributed by atoms with van der Waals surface area (Å²) in [6.45, 7) is 0.725. The third kappa shape index (κ3) is 5.93. The summed E-state index contributed by atoms with van der Waals surface area (Å²) in [6, 6.07) is 12.9. The molecule has 0 aliphatic carbocycles. The molecule has 0 radical (unpaired) electrons. The number of benzene rings is 2. The first-order chi connectivity index (χ1) is 13.9. The Bertz CT molecular complexity index is 948. The van der Waals surface area contributed by atoms with Crippen LogP contribution in [0, 0.1) is 0 Å². The molecule has 0 aromatic heterocycles. The minimum absolute atomic E-state index is 0.0124. The van der Waals surface area contributed by atoms with Crippen molar-refractivity contribution in [3.8, 4) is 0 Å². The van der Waals surface area contributed by atoms with Crippen molar-refractivity contribution in [1.29, 1.82) is 0 Å². The third-order valence-corrected chi connectivity index (χ3v) is 7.14. The van der Waals surface area contributed by atoms with E-state index in [2.05, 4.69) is 5.32 Å². The van der Waals surface area contributed by atoms with Crippen LogP contribution >= 0.6 is 23.2 Å². The second kappa shape index (κ2) is 9.91. The van der Waals surface area contributed by atoms with E-state index < -0.39 is 10.0 Å². The Morgan fingerprint density at radius 1 is 1.14 bits per heavy atom. The van der Waals surface area contributed by atoms with Crippen LogP contribution in [0.25, 0.3) is 0 Å². The van der Waals surface area contributed by atoms with E-state index >= 15 is 0 Å². The van der Waals surface area contributed by atoms with E-state index in [0.29, 0.717) is 28.8 Å². The lowest BCUT2D eigenvalue weighted by molar-refractivity contribution is -0.121. The van der Waals surface area contributed by atoms with Gasteiger partial charge in [-0.15, -0.1) is 0 Å². The topological polar surface area (TPSA) is 75.7 Å². The van der Waals surface area contributed by atoms with E-state index in [1.165, 1.54) is 12.1 Å². The zero-order valence-electron chi connectivity index (χ0n) is 15.7. The van der Waals surface area contributed by atoms with Crippen LogP contribution < -0.4 is 5.32 Å². The van der Waals surface area contributed by atoms with Gasteiger partial charge in [-0.25, -0.2) is 8.42 Å². The number of rotatable bonds is 8. The SMILES string of the molecule is O=C(CN(Cc1ccc(Cl)c(Cl)c1)S(=O)(=O)c1ccccc1)NC[C@@H]1CCCO1. The van der Waals surface area contributed by atoms with Crippen molar-refractivity contribution in [2.45, 2.75) is 30.4 Å². The molecular formula is C20H22Cl2N2O4S. The largest absolute Gasteiger partial charge is 0.376 e. The number of amides is 1. The van der Waals surface area contributed by atoms with Gasteiger partial charge in [0.15, 0.2) is 0 Å². The van der Waals surface area contributed by atoms with Crippen molar-refractivity contribution < 1.29 is 17.9 Å². The van der Waals surface area contributed by atoms with Crippen LogP contribution in [0.3, 0.4) is 0 Å². The molecule has 1 aliphatic heterocycles. The second-order valence-corrected chi connectivity index (χ2v) is 9.53. The molecule has 1 fully saturated rings. The van der Waals surface area contributed by atoms with Crippen LogP contribution in [0.15, 0.2) is 53.4 Å². The van der Waals surface area contributed by atoms with Gasteiger partial charge in [0.1, 0.15) is 0 Å². The van der Waals surface area contributed by atoms with Gasteiger partial charge in [-0.2, -0.15) is 4.31 Å². The molecule has 156 valence electrons. The summed E-state index contributed by atoms with van der Waals surface area (Å²) in [5, 5.41) is 3.47. The van der Waals surface area contributed by atoms with Gasteiger partial charge in [-0.3, -0.25) is 4.79 Å². The Morgan fingerprint density at radius 2 is 1.90 bits per heavy atom. The quantitative estimate of drug-likeness (QED) is 0.659. The molecule has 0 unspecified atom stereocenters. The maximum Gasteiger partial charge on any atom is 0.243 e. The molecule has 0 bridgehead atoms. The Morgan fingerprint density at radius 3 is 2.55 bits per heavy atom. The lowest BCUT2D eigenvalue weighted by atomic mass is 10.2.